The van der Waals surface area contributed by atoms with Gasteiger partial charge in [0.2, 0.25) is 9.84 Å². The molecule has 2 N–H and O–H groups in total. The fraction of sp³-hybridized carbons (Fsp3) is 0.278. The Balaban J connectivity index is 2.54. The van der Waals surface area contributed by atoms with Crippen LogP contribution in [-0.4, -0.2) is 26.7 Å². The number of rotatable bonds is 8. The van der Waals surface area contributed by atoms with Gasteiger partial charge in [0, 0.05) is 15.6 Å². The summed E-state index contributed by atoms with van der Waals surface area (Å²) < 4.78 is 77.7. The number of hydrogen-bond acceptors (Lipinski definition) is 7. The summed E-state index contributed by atoms with van der Waals surface area (Å²) in [7, 11) is -8.94. The van der Waals surface area contributed by atoms with Gasteiger partial charge in [0.05, 0.1) is 18.1 Å². The zero-order chi connectivity index (χ0) is 22.6. The van der Waals surface area contributed by atoms with Crippen LogP contribution >= 0.6 is 23.5 Å². The van der Waals surface area contributed by atoms with Crippen LogP contribution < -0.4 is 5.84 Å². The van der Waals surface area contributed by atoms with E-state index >= 15 is 8.78 Å². The highest BCUT2D eigenvalue weighted by Gasteiger charge is 2.55. The third kappa shape index (κ3) is 4.65. The number of benzene rings is 2. The van der Waals surface area contributed by atoms with Crippen LogP contribution in [0.25, 0.3) is 0 Å². The van der Waals surface area contributed by atoms with Gasteiger partial charge in [-0.2, -0.15) is 13.9 Å². The molecule has 2 rings (SSSR count). The minimum atomic E-state index is -4.83. The number of sulfone groups is 1. The predicted molar refractivity (Wildman–Crippen MR) is 113 cm³/mol. The predicted octanol–water partition coefficient (Wildman–Crippen LogP) is 4.86. The van der Waals surface area contributed by atoms with Crippen LogP contribution in [0.15, 0.2) is 63.0 Å². The number of nitrogens with zero attached hydrogens (tertiary/aromatic N) is 1. The Kier molecular flexibility index (Phi) is 7.92. The van der Waals surface area contributed by atoms with Crippen LogP contribution in [0.3, 0.4) is 0 Å². The summed E-state index contributed by atoms with van der Waals surface area (Å²) in [6.07, 6.45) is 0. The van der Waals surface area contributed by atoms with Crippen molar-refractivity contribution < 1.29 is 30.8 Å². The molecule has 0 saturated heterocycles. The lowest BCUT2D eigenvalue weighted by atomic mass is 10.1. The fourth-order valence-electron chi connectivity index (χ4n) is 2.59. The molecule has 2 aromatic carbocycles. The maximum atomic E-state index is 15.0. The quantitative estimate of drug-likeness (QED) is 0.174. The van der Waals surface area contributed by atoms with Crippen LogP contribution in [0.1, 0.15) is 25.0 Å². The molecule has 0 aliphatic heterocycles. The maximum absolute atomic E-state index is 15.0. The largest absolute Gasteiger partial charge is 0.404 e. The van der Waals surface area contributed by atoms with E-state index in [9.17, 15) is 13.0 Å². The van der Waals surface area contributed by atoms with Gasteiger partial charge in [0.25, 0.3) is 0 Å². The normalized spacial score (nSPS) is 13.4. The average molecular weight is 525 g/mol. The van der Waals surface area contributed by atoms with Crippen molar-refractivity contribution in [3.05, 3.63) is 64.1 Å². The third-order valence-corrected chi connectivity index (χ3v) is 8.43. The molecule has 0 fully saturated rings. The van der Waals surface area contributed by atoms with Crippen molar-refractivity contribution in [2.75, 3.05) is 13.2 Å². The number of nitrogens with two attached hydrogens (primary N) is 1. The standard InChI is InChI=1S/C18H20BrF2N2O5PS/c1-3-27-29(24,28-4-2)18(20,21)15-11-10-13(12-16(15)19)17(23-22)30(25,26)14-8-6-5-7-9-14/h5-12H,3-4,22H2,1-2H3/b23-17+. The van der Waals surface area contributed by atoms with E-state index in [1.165, 1.54) is 38.1 Å². The van der Waals surface area contributed by atoms with Crippen LogP contribution in [-0.2, 0) is 29.1 Å². The molecule has 2 aromatic rings. The summed E-state index contributed by atoms with van der Waals surface area (Å²) in [6, 6.07) is 10.5. The Morgan fingerprint density at radius 1 is 1.13 bits per heavy atom. The van der Waals surface area contributed by atoms with E-state index in [2.05, 4.69) is 21.0 Å². The van der Waals surface area contributed by atoms with E-state index in [-0.39, 0.29) is 28.1 Å². The Morgan fingerprint density at radius 3 is 2.17 bits per heavy atom. The van der Waals surface area contributed by atoms with E-state index in [0.717, 1.165) is 18.2 Å². The van der Waals surface area contributed by atoms with Gasteiger partial charge in [-0.25, -0.2) is 8.42 Å². The van der Waals surface area contributed by atoms with Crippen molar-refractivity contribution in [1.82, 2.24) is 0 Å². The Bertz CT molecular complexity index is 1070. The number of alkyl halides is 2. The second-order valence-electron chi connectivity index (χ2n) is 5.82. The van der Waals surface area contributed by atoms with Gasteiger partial charge in [-0.3, -0.25) is 4.57 Å². The van der Waals surface area contributed by atoms with E-state index in [0.29, 0.717) is 0 Å². The molecule has 0 spiro atoms. The Morgan fingerprint density at radius 2 is 1.70 bits per heavy atom. The van der Waals surface area contributed by atoms with Crippen LogP contribution in [0.2, 0.25) is 0 Å². The zero-order valence-electron chi connectivity index (χ0n) is 16.1. The second kappa shape index (κ2) is 9.65. The van der Waals surface area contributed by atoms with Gasteiger partial charge in [0.15, 0.2) is 5.04 Å². The van der Waals surface area contributed by atoms with Crippen LogP contribution in [0, 0.1) is 0 Å². The topological polar surface area (TPSA) is 108 Å². The molecule has 0 aliphatic rings. The first-order chi connectivity index (χ1) is 14.0. The molecule has 0 saturated carbocycles. The third-order valence-electron chi connectivity index (χ3n) is 3.91. The molecule has 0 atom stereocenters. The highest BCUT2D eigenvalue weighted by molar-refractivity contribution is 9.10. The Hall–Kier alpha value is -1.65. The molecule has 0 bridgehead atoms. The van der Waals surface area contributed by atoms with Crippen LogP contribution in [0.5, 0.6) is 0 Å². The molecule has 0 radical (unpaired) electrons. The van der Waals surface area contributed by atoms with E-state index in [1.54, 1.807) is 6.07 Å². The summed E-state index contributed by atoms with van der Waals surface area (Å²) in [5.41, 5.74) is -4.71. The first kappa shape index (κ1) is 24.6. The van der Waals surface area contributed by atoms with Crippen molar-refractivity contribution in [1.29, 1.82) is 0 Å². The fourth-order valence-corrected chi connectivity index (χ4v) is 6.25. The SMILES string of the molecule is CCOP(=O)(OCC)C(F)(F)c1ccc(/C(=N\N)S(=O)(=O)c2ccccc2)cc1Br. The van der Waals surface area contributed by atoms with Gasteiger partial charge < -0.3 is 14.9 Å². The zero-order valence-corrected chi connectivity index (χ0v) is 19.4. The summed E-state index contributed by atoms with van der Waals surface area (Å²) in [4.78, 5) is -0.0584. The van der Waals surface area contributed by atoms with Crippen molar-refractivity contribution in [3.63, 3.8) is 0 Å². The van der Waals surface area contributed by atoms with Gasteiger partial charge in [-0.05, 0) is 32.0 Å². The van der Waals surface area contributed by atoms with Crippen molar-refractivity contribution in [3.8, 4) is 0 Å². The molecular formula is C18H20BrF2N2O5PS. The number of hydrazone groups is 1. The van der Waals surface area contributed by atoms with E-state index in [4.69, 9.17) is 14.9 Å². The number of hydrogen-bond donors (Lipinski definition) is 1. The van der Waals surface area contributed by atoms with Gasteiger partial charge in [-0.15, -0.1) is 0 Å². The average Bonchev–Trinajstić information content (AvgIpc) is 2.69. The molecule has 0 aromatic heterocycles. The minimum Gasteiger partial charge on any atom is -0.322 e. The summed E-state index contributed by atoms with van der Waals surface area (Å²) in [5.74, 6) is 5.31. The van der Waals surface area contributed by atoms with E-state index in [1.807, 2.05) is 0 Å². The van der Waals surface area contributed by atoms with Crippen molar-refractivity contribution in [2.45, 2.75) is 24.4 Å². The molecule has 0 heterocycles. The summed E-state index contributed by atoms with van der Waals surface area (Å²) in [6.45, 7) is 2.33. The smallest absolute Gasteiger partial charge is 0.322 e. The molecule has 12 heteroatoms. The van der Waals surface area contributed by atoms with Gasteiger partial charge in [0.1, 0.15) is 0 Å². The Labute approximate surface area is 181 Å². The summed E-state index contributed by atoms with van der Waals surface area (Å²) in [5, 5.41) is 2.85. The van der Waals surface area contributed by atoms with E-state index < -0.39 is 33.7 Å². The molecule has 7 nitrogen and oxygen atoms in total. The highest BCUT2D eigenvalue weighted by Crippen LogP contribution is 2.67. The molecule has 30 heavy (non-hydrogen) atoms. The molecule has 0 amide bonds. The molecule has 164 valence electrons. The lowest BCUT2D eigenvalue weighted by Crippen LogP contribution is -2.21. The van der Waals surface area contributed by atoms with Gasteiger partial charge >= 0.3 is 13.3 Å². The first-order valence-electron chi connectivity index (χ1n) is 8.70. The molecule has 0 unspecified atom stereocenters. The maximum Gasteiger partial charge on any atom is 0.404 e. The lowest BCUT2D eigenvalue weighted by molar-refractivity contribution is 0.0354. The van der Waals surface area contributed by atoms with Crippen molar-refractivity contribution in [2.24, 2.45) is 10.9 Å². The number of halogens is 3. The molecular weight excluding hydrogens is 505 g/mol. The van der Waals surface area contributed by atoms with Crippen molar-refractivity contribution >= 4 is 38.4 Å². The lowest BCUT2D eigenvalue weighted by Gasteiger charge is -2.26. The minimum absolute atomic E-state index is 0.0320. The monoisotopic (exact) mass is 524 g/mol. The second-order valence-corrected chi connectivity index (χ2v) is 10.6. The van der Waals surface area contributed by atoms with Gasteiger partial charge in [-0.1, -0.05) is 46.3 Å². The first-order valence-corrected chi connectivity index (χ1v) is 12.5. The van der Waals surface area contributed by atoms with Crippen LogP contribution in [0.4, 0.5) is 8.78 Å². The molecule has 0 aliphatic carbocycles. The summed E-state index contributed by atoms with van der Waals surface area (Å²) >= 11 is 3.00. The highest BCUT2D eigenvalue weighted by atomic mass is 79.9.